The lowest BCUT2D eigenvalue weighted by atomic mass is 10.2. The molecule has 0 heterocycles. The van der Waals surface area contributed by atoms with Gasteiger partial charge in [-0.25, -0.2) is 0 Å². The normalized spacial score (nSPS) is 9.96. The van der Waals surface area contributed by atoms with Crippen molar-refractivity contribution in [2.45, 2.75) is 0 Å². The van der Waals surface area contributed by atoms with Gasteiger partial charge in [0.1, 0.15) is 5.75 Å². The molecule has 0 aliphatic heterocycles. The maximum Gasteiger partial charge on any atom is 0.271 e. The molecule has 2 aromatic carbocycles. The van der Waals surface area contributed by atoms with Crippen LogP contribution in [0, 0.1) is 10.1 Å². The minimum absolute atomic E-state index is 0.0281. The summed E-state index contributed by atoms with van der Waals surface area (Å²) in [6, 6.07) is 10.1. The predicted octanol–water partition coefficient (Wildman–Crippen LogP) is 3.19. The Morgan fingerprint density at radius 1 is 1.22 bits per heavy atom. The van der Waals surface area contributed by atoms with Gasteiger partial charge in [-0.05, 0) is 42.5 Å². The first-order chi connectivity index (χ1) is 10.9. The number of nitrogens with zero attached hydrogens (tertiary/aromatic N) is 1. The van der Waals surface area contributed by atoms with Crippen LogP contribution in [0.25, 0.3) is 0 Å². The van der Waals surface area contributed by atoms with Crippen LogP contribution in [0.4, 0.5) is 11.4 Å². The number of nitrogens with one attached hydrogen (secondary N) is 2. The number of phenols is 1. The van der Waals surface area contributed by atoms with E-state index in [9.17, 15) is 20.0 Å². The number of phenolic OH excluding ortho intramolecular Hbond substituents is 1. The zero-order valence-electron chi connectivity index (χ0n) is 11.4. The van der Waals surface area contributed by atoms with Gasteiger partial charge < -0.3 is 10.4 Å². The fraction of sp³-hybridized carbons (Fsp3) is 0. The quantitative estimate of drug-likeness (QED) is 0.319. The van der Waals surface area contributed by atoms with Gasteiger partial charge in [-0.3, -0.25) is 20.2 Å². The second kappa shape index (κ2) is 7.16. The minimum atomic E-state index is -0.603. The first kappa shape index (κ1) is 16.8. The Kier molecular flexibility index (Phi) is 5.24. The lowest BCUT2D eigenvalue weighted by molar-refractivity contribution is -0.384. The van der Waals surface area contributed by atoms with Crippen molar-refractivity contribution in [2.75, 3.05) is 5.32 Å². The lowest BCUT2D eigenvalue weighted by Crippen LogP contribution is -2.34. The summed E-state index contributed by atoms with van der Waals surface area (Å²) >= 11 is 8.24. The van der Waals surface area contributed by atoms with Gasteiger partial charge in [-0.15, -0.1) is 0 Å². The molecule has 0 unspecified atom stereocenters. The van der Waals surface area contributed by atoms with Crippen molar-refractivity contribution in [1.82, 2.24) is 5.32 Å². The van der Waals surface area contributed by atoms with Gasteiger partial charge in [0.15, 0.2) is 5.11 Å². The van der Waals surface area contributed by atoms with E-state index in [1.807, 2.05) is 0 Å². The van der Waals surface area contributed by atoms with E-state index in [2.05, 4.69) is 26.6 Å². The van der Waals surface area contributed by atoms with E-state index in [1.54, 1.807) is 24.3 Å². The van der Waals surface area contributed by atoms with Gasteiger partial charge in [0.05, 0.1) is 10.6 Å². The lowest BCUT2D eigenvalue weighted by Gasteiger charge is -2.10. The van der Waals surface area contributed by atoms with Crippen LogP contribution in [0.2, 0.25) is 0 Å². The predicted molar refractivity (Wildman–Crippen MR) is 92.6 cm³/mol. The number of hydrogen-bond acceptors (Lipinski definition) is 5. The summed E-state index contributed by atoms with van der Waals surface area (Å²) in [6.45, 7) is 0. The maximum atomic E-state index is 12.0. The molecule has 0 atom stereocenters. The molecule has 1 amide bonds. The zero-order valence-corrected chi connectivity index (χ0v) is 13.8. The van der Waals surface area contributed by atoms with E-state index in [-0.39, 0.29) is 22.2 Å². The van der Waals surface area contributed by atoms with Crippen LogP contribution in [-0.4, -0.2) is 21.0 Å². The molecule has 23 heavy (non-hydrogen) atoms. The zero-order chi connectivity index (χ0) is 17.0. The summed E-state index contributed by atoms with van der Waals surface area (Å²) in [5.41, 5.74) is 0.202. The SMILES string of the molecule is O=C(NC(=S)Nc1cc([N+](=O)[O-])ccc1O)c1ccc(Br)cc1. The number of benzene rings is 2. The van der Waals surface area contributed by atoms with Crippen molar-refractivity contribution in [2.24, 2.45) is 0 Å². The summed E-state index contributed by atoms with van der Waals surface area (Å²) in [7, 11) is 0. The summed E-state index contributed by atoms with van der Waals surface area (Å²) in [4.78, 5) is 22.1. The summed E-state index contributed by atoms with van der Waals surface area (Å²) in [5, 5.41) is 25.3. The third-order valence-corrected chi connectivity index (χ3v) is 3.51. The molecule has 3 N–H and O–H groups in total. The van der Waals surface area contributed by atoms with Crippen molar-refractivity contribution in [1.29, 1.82) is 0 Å². The molecule has 0 fully saturated rings. The Morgan fingerprint density at radius 3 is 2.48 bits per heavy atom. The average molecular weight is 396 g/mol. The number of carbonyl (C=O) groups is 1. The summed E-state index contributed by atoms with van der Waals surface area (Å²) in [6.07, 6.45) is 0. The molecule has 0 bridgehead atoms. The van der Waals surface area contributed by atoms with Gasteiger partial charge in [0.2, 0.25) is 0 Å². The van der Waals surface area contributed by atoms with Crippen LogP contribution in [0.5, 0.6) is 5.75 Å². The number of nitro groups is 1. The molecule has 0 radical (unpaired) electrons. The number of anilines is 1. The molecule has 0 aliphatic rings. The highest BCUT2D eigenvalue weighted by Gasteiger charge is 2.13. The van der Waals surface area contributed by atoms with Gasteiger partial charge in [-0.2, -0.15) is 0 Å². The van der Waals surface area contributed by atoms with Crippen molar-refractivity contribution in [3.05, 3.63) is 62.6 Å². The molecule has 0 aliphatic carbocycles. The van der Waals surface area contributed by atoms with E-state index < -0.39 is 10.8 Å². The van der Waals surface area contributed by atoms with Crippen LogP contribution in [-0.2, 0) is 0 Å². The number of aromatic hydroxyl groups is 1. The van der Waals surface area contributed by atoms with Crippen LogP contribution in [0.3, 0.4) is 0 Å². The number of carbonyl (C=O) groups excluding carboxylic acids is 1. The first-order valence-electron chi connectivity index (χ1n) is 6.22. The topological polar surface area (TPSA) is 104 Å². The van der Waals surface area contributed by atoms with Crippen molar-refractivity contribution < 1.29 is 14.8 Å². The van der Waals surface area contributed by atoms with E-state index in [4.69, 9.17) is 12.2 Å². The molecule has 2 aromatic rings. The highest BCUT2D eigenvalue weighted by Crippen LogP contribution is 2.27. The third kappa shape index (κ3) is 4.47. The highest BCUT2D eigenvalue weighted by atomic mass is 79.9. The summed E-state index contributed by atoms with van der Waals surface area (Å²) in [5.74, 6) is -0.671. The Hall–Kier alpha value is -2.52. The van der Waals surface area contributed by atoms with Gasteiger partial charge >= 0.3 is 0 Å². The summed E-state index contributed by atoms with van der Waals surface area (Å²) < 4.78 is 0.830. The van der Waals surface area contributed by atoms with Gasteiger partial charge in [0, 0.05) is 22.2 Å². The molecule has 0 saturated carbocycles. The van der Waals surface area contributed by atoms with E-state index in [0.717, 1.165) is 16.6 Å². The second-order valence-electron chi connectivity index (χ2n) is 4.37. The largest absolute Gasteiger partial charge is 0.506 e. The van der Waals surface area contributed by atoms with Crippen molar-refractivity contribution >= 4 is 50.5 Å². The molecule has 0 saturated heterocycles. The van der Waals surface area contributed by atoms with Crippen molar-refractivity contribution in [3.63, 3.8) is 0 Å². The Morgan fingerprint density at radius 2 is 1.87 bits per heavy atom. The molecule has 118 valence electrons. The number of hydrogen-bond donors (Lipinski definition) is 3. The Bertz CT molecular complexity index is 780. The van der Waals surface area contributed by atoms with Crippen LogP contribution < -0.4 is 10.6 Å². The molecule has 7 nitrogen and oxygen atoms in total. The highest BCUT2D eigenvalue weighted by molar-refractivity contribution is 9.10. The van der Waals surface area contributed by atoms with Crippen LogP contribution in [0.15, 0.2) is 46.9 Å². The Balaban J connectivity index is 2.07. The second-order valence-corrected chi connectivity index (χ2v) is 5.70. The number of non-ortho nitro benzene ring substituents is 1. The fourth-order valence-electron chi connectivity index (χ4n) is 1.67. The maximum absolute atomic E-state index is 12.0. The number of thiocarbonyl (C=S) groups is 1. The molecule has 0 spiro atoms. The van der Waals surface area contributed by atoms with Crippen molar-refractivity contribution in [3.8, 4) is 5.75 Å². The minimum Gasteiger partial charge on any atom is -0.506 e. The fourth-order valence-corrected chi connectivity index (χ4v) is 2.13. The Labute approximate surface area is 144 Å². The van der Waals surface area contributed by atoms with E-state index in [1.165, 1.54) is 6.07 Å². The van der Waals surface area contributed by atoms with Gasteiger partial charge in [0.25, 0.3) is 11.6 Å². The average Bonchev–Trinajstić information content (AvgIpc) is 2.49. The monoisotopic (exact) mass is 395 g/mol. The molecule has 2 rings (SSSR count). The molecular weight excluding hydrogens is 386 g/mol. The molecular formula is C14H10BrN3O4S. The number of halogens is 1. The molecule has 0 aromatic heterocycles. The van der Waals surface area contributed by atoms with E-state index >= 15 is 0 Å². The number of amides is 1. The number of nitro benzene ring substituents is 1. The smallest absolute Gasteiger partial charge is 0.271 e. The van der Waals surface area contributed by atoms with Gasteiger partial charge in [-0.1, -0.05) is 15.9 Å². The number of rotatable bonds is 3. The van der Waals surface area contributed by atoms with Crippen LogP contribution in [0.1, 0.15) is 10.4 Å². The third-order valence-electron chi connectivity index (χ3n) is 2.77. The van der Waals surface area contributed by atoms with Crippen LogP contribution >= 0.6 is 28.1 Å². The standard InChI is InChI=1S/C14H10BrN3O4S/c15-9-3-1-8(2-4-9)13(20)17-14(23)16-11-7-10(18(21)22)5-6-12(11)19/h1-7,19H,(H2,16,17,20,23). The van der Waals surface area contributed by atoms with E-state index in [0.29, 0.717) is 5.56 Å². The first-order valence-corrected chi connectivity index (χ1v) is 7.42. The molecule has 9 heteroatoms.